The fraction of sp³-hybridized carbons (Fsp3) is 0.167. The molecule has 4 aromatic rings. The number of ketones is 1. The highest BCUT2D eigenvalue weighted by Crippen LogP contribution is 2.35. The van der Waals surface area contributed by atoms with Crippen molar-refractivity contribution in [2.45, 2.75) is 20.4 Å². The maximum Gasteiger partial charge on any atom is 0.260 e. The van der Waals surface area contributed by atoms with E-state index in [0.717, 1.165) is 15.9 Å². The molecule has 6 nitrogen and oxygen atoms in total. The number of thiazole rings is 1. The zero-order valence-electron chi connectivity index (χ0n) is 17.2. The van der Waals surface area contributed by atoms with E-state index in [2.05, 4.69) is 4.98 Å². The fourth-order valence-electron chi connectivity index (χ4n) is 3.18. The van der Waals surface area contributed by atoms with Gasteiger partial charge < -0.3 is 4.74 Å². The number of carbonyl (C=O) groups is 2. The molecule has 0 aliphatic rings. The molecule has 0 aliphatic heterocycles. The number of anilines is 1. The van der Waals surface area contributed by atoms with E-state index in [4.69, 9.17) is 9.72 Å². The van der Waals surface area contributed by atoms with Crippen molar-refractivity contribution in [1.29, 1.82) is 0 Å². The molecule has 7 heteroatoms. The summed E-state index contributed by atoms with van der Waals surface area (Å²) in [6.07, 6.45) is 1.70. The number of aromatic nitrogens is 2. The highest BCUT2D eigenvalue weighted by atomic mass is 32.1. The van der Waals surface area contributed by atoms with Crippen LogP contribution in [0, 0.1) is 0 Å². The Morgan fingerprint density at radius 3 is 2.45 bits per heavy atom. The van der Waals surface area contributed by atoms with Crippen molar-refractivity contribution in [3.8, 4) is 5.75 Å². The number of pyridine rings is 1. The molecule has 0 spiro atoms. The highest BCUT2D eigenvalue weighted by molar-refractivity contribution is 7.22. The summed E-state index contributed by atoms with van der Waals surface area (Å²) >= 11 is 1.43. The number of rotatable bonds is 7. The number of fused-ring (bicyclic) bond motifs is 1. The van der Waals surface area contributed by atoms with E-state index in [1.807, 2.05) is 43.3 Å². The van der Waals surface area contributed by atoms with Crippen LogP contribution >= 0.6 is 11.3 Å². The van der Waals surface area contributed by atoms with Crippen LogP contribution in [0.15, 0.2) is 66.9 Å². The number of Topliss-reactive ketones (excluding diaryl/α,β-unsaturated/α-hetero) is 1. The van der Waals surface area contributed by atoms with Gasteiger partial charge >= 0.3 is 0 Å². The molecule has 0 radical (unpaired) electrons. The number of carbonyl (C=O) groups excluding carboxylic acids is 2. The second-order valence-electron chi connectivity index (χ2n) is 6.88. The van der Waals surface area contributed by atoms with Crippen LogP contribution in [0.3, 0.4) is 0 Å². The first-order valence-corrected chi connectivity index (χ1v) is 10.7. The largest absolute Gasteiger partial charge is 0.492 e. The number of nitrogens with zero attached hydrogens (tertiary/aromatic N) is 3. The smallest absolute Gasteiger partial charge is 0.260 e. The molecular formula is C24H21N3O3S. The molecule has 156 valence electrons. The van der Waals surface area contributed by atoms with Crippen LogP contribution in [0.5, 0.6) is 5.75 Å². The Balaban J connectivity index is 1.75. The van der Waals surface area contributed by atoms with Crippen LogP contribution in [0.2, 0.25) is 0 Å². The summed E-state index contributed by atoms with van der Waals surface area (Å²) < 4.78 is 6.64. The van der Waals surface area contributed by atoms with Crippen molar-refractivity contribution in [2.24, 2.45) is 0 Å². The Kier molecular flexibility index (Phi) is 6.04. The summed E-state index contributed by atoms with van der Waals surface area (Å²) in [5.74, 6) is 0.440. The zero-order chi connectivity index (χ0) is 21.8. The molecule has 2 heterocycles. The molecule has 0 aliphatic carbocycles. The predicted molar refractivity (Wildman–Crippen MR) is 122 cm³/mol. The maximum atomic E-state index is 13.5. The van der Waals surface area contributed by atoms with Crippen LogP contribution in [0.1, 0.15) is 40.3 Å². The topological polar surface area (TPSA) is 72.4 Å². The van der Waals surface area contributed by atoms with Crippen LogP contribution in [-0.4, -0.2) is 28.3 Å². The summed E-state index contributed by atoms with van der Waals surface area (Å²) in [5.41, 5.74) is 2.52. The van der Waals surface area contributed by atoms with Gasteiger partial charge in [-0.25, -0.2) is 4.98 Å². The van der Waals surface area contributed by atoms with Crippen LogP contribution in [-0.2, 0) is 6.54 Å². The molecule has 0 bridgehead atoms. The van der Waals surface area contributed by atoms with E-state index in [1.165, 1.54) is 18.3 Å². The third-order valence-electron chi connectivity index (χ3n) is 4.73. The lowest BCUT2D eigenvalue weighted by molar-refractivity contribution is 0.0980. The summed E-state index contributed by atoms with van der Waals surface area (Å²) in [6.45, 7) is 4.23. The van der Waals surface area contributed by atoms with Gasteiger partial charge in [0.1, 0.15) is 11.3 Å². The first-order chi connectivity index (χ1) is 15.1. The van der Waals surface area contributed by atoms with Gasteiger partial charge in [0.05, 0.1) is 23.5 Å². The first-order valence-electron chi connectivity index (χ1n) is 9.92. The van der Waals surface area contributed by atoms with Crippen LogP contribution in [0.25, 0.3) is 10.2 Å². The number of hydrogen-bond donors (Lipinski definition) is 0. The Hall–Kier alpha value is -3.58. The van der Waals surface area contributed by atoms with E-state index in [1.54, 1.807) is 35.4 Å². The monoisotopic (exact) mass is 431 g/mol. The number of amides is 1. The average molecular weight is 432 g/mol. The van der Waals surface area contributed by atoms with E-state index >= 15 is 0 Å². The number of para-hydroxylation sites is 1. The predicted octanol–water partition coefficient (Wildman–Crippen LogP) is 5.14. The number of hydrogen-bond acceptors (Lipinski definition) is 6. The van der Waals surface area contributed by atoms with E-state index < -0.39 is 0 Å². The Morgan fingerprint density at radius 2 is 1.77 bits per heavy atom. The van der Waals surface area contributed by atoms with Crippen molar-refractivity contribution in [3.63, 3.8) is 0 Å². The second-order valence-corrected chi connectivity index (χ2v) is 7.89. The van der Waals surface area contributed by atoms with Gasteiger partial charge in [-0.05, 0) is 50.2 Å². The van der Waals surface area contributed by atoms with Gasteiger partial charge in [-0.15, -0.1) is 0 Å². The van der Waals surface area contributed by atoms with Crippen molar-refractivity contribution in [2.75, 3.05) is 11.5 Å². The summed E-state index contributed by atoms with van der Waals surface area (Å²) in [4.78, 5) is 35.8. The normalized spacial score (nSPS) is 10.8. The van der Waals surface area contributed by atoms with E-state index in [-0.39, 0.29) is 18.2 Å². The van der Waals surface area contributed by atoms with Crippen molar-refractivity contribution in [3.05, 3.63) is 83.7 Å². The maximum absolute atomic E-state index is 13.5. The minimum absolute atomic E-state index is 0.0426. The number of benzene rings is 2. The van der Waals surface area contributed by atoms with Gasteiger partial charge in [-0.3, -0.25) is 19.5 Å². The van der Waals surface area contributed by atoms with Crippen LogP contribution < -0.4 is 9.64 Å². The summed E-state index contributed by atoms with van der Waals surface area (Å²) in [6, 6.07) is 18.0. The molecule has 0 saturated carbocycles. The molecule has 0 unspecified atom stereocenters. The minimum Gasteiger partial charge on any atom is -0.492 e. The third kappa shape index (κ3) is 4.46. The third-order valence-corrected chi connectivity index (χ3v) is 5.77. The molecule has 0 fully saturated rings. The van der Waals surface area contributed by atoms with Crippen molar-refractivity contribution < 1.29 is 14.3 Å². The number of ether oxygens (including phenoxy) is 1. The molecule has 2 aromatic carbocycles. The average Bonchev–Trinajstić information content (AvgIpc) is 3.23. The Morgan fingerprint density at radius 1 is 1.00 bits per heavy atom. The molecule has 1 amide bonds. The van der Waals surface area contributed by atoms with Gasteiger partial charge in [0.25, 0.3) is 5.91 Å². The fourth-order valence-corrected chi connectivity index (χ4v) is 4.16. The van der Waals surface area contributed by atoms with E-state index in [9.17, 15) is 9.59 Å². The van der Waals surface area contributed by atoms with Gasteiger partial charge in [-0.2, -0.15) is 0 Å². The molecule has 0 N–H and O–H groups in total. The van der Waals surface area contributed by atoms with Gasteiger partial charge in [0.2, 0.25) is 0 Å². The lowest BCUT2D eigenvalue weighted by Gasteiger charge is -2.19. The minimum atomic E-state index is -0.210. The van der Waals surface area contributed by atoms with Gasteiger partial charge in [-0.1, -0.05) is 35.6 Å². The lowest BCUT2D eigenvalue weighted by Crippen LogP contribution is -2.30. The van der Waals surface area contributed by atoms with Crippen LogP contribution in [0.4, 0.5) is 5.13 Å². The molecular weight excluding hydrogens is 410 g/mol. The van der Waals surface area contributed by atoms with Gasteiger partial charge in [0.15, 0.2) is 10.9 Å². The zero-order valence-corrected chi connectivity index (χ0v) is 18.1. The van der Waals surface area contributed by atoms with Crippen molar-refractivity contribution in [1.82, 2.24) is 9.97 Å². The standard InChI is InChI=1S/C24H21N3O3S/c1-3-30-20-8-6-9-21-22(20)26-24(31-21)27(15-19-7-4-5-14-25-19)23(29)18-12-10-17(11-13-18)16(2)28/h4-14H,3,15H2,1-2H3. The lowest BCUT2D eigenvalue weighted by atomic mass is 10.1. The van der Waals surface area contributed by atoms with E-state index in [0.29, 0.717) is 28.6 Å². The Labute approximate surface area is 184 Å². The van der Waals surface area contributed by atoms with Gasteiger partial charge in [0, 0.05) is 17.3 Å². The molecule has 0 saturated heterocycles. The second kappa shape index (κ2) is 9.06. The quantitative estimate of drug-likeness (QED) is 0.379. The highest BCUT2D eigenvalue weighted by Gasteiger charge is 2.23. The van der Waals surface area contributed by atoms with Crippen molar-refractivity contribution >= 4 is 38.4 Å². The SMILES string of the molecule is CCOc1cccc2sc(N(Cc3ccccn3)C(=O)c3ccc(C(C)=O)cc3)nc12. The Bertz CT molecular complexity index is 1220. The first kappa shape index (κ1) is 20.7. The summed E-state index contributed by atoms with van der Waals surface area (Å²) in [7, 11) is 0. The molecule has 0 atom stereocenters. The molecule has 2 aromatic heterocycles. The summed E-state index contributed by atoms with van der Waals surface area (Å²) in [5, 5.41) is 0.563. The molecule has 4 rings (SSSR count). The molecule has 31 heavy (non-hydrogen) atoms.